The topological polar surface area (TPSA) is 95.0 Å². The second-order valence-electron chi connectivity index (χ2n) is 6.62. The van der Waals surface area contributed by atoms with E-state index in [1.54, 1.807) is 36.4 Å². The lowest BCUT2D eigenvalue weighted by molar-refractivity contribution is -0.177. The van der Waals surface area contributed by atoms with Crippen molar-refractivity contribution < 1.29 is 28.7 Å². The van der Waals surface area contributed by atoms with Crippen molar-refractivity contribution in [2.75, 3.05) is 0 Å². The number of aromatic nitrogens is 1. The molecule has 0 saturated carbocycles. The molecule has 2 aromatic rings. The molecule has 3 aliphatic heterocycles. The lowest BCUT2D eigenvalue weighted by atomic mass is 9.85. The molecule has 1 aromatic heterocycles. The highest BCUT2D eigenvalue weighted by atomic mass is 16.7. The van der Waals surface area contributed by atoms with Gasteiger partial charge in [-0.25, -0.2) is 9.78 Å². The molecule has 4 heterocycles. The summed E-state index contributed by atoms with van der Waals surface area (Å²) in [6, 6.07) is 11.8. The number of imide groups is 1. The number of carbonyl (C=O) groups excluding carboxylic acids is 3. The van der Waals surface area contributed by atoms with Gasteiger partial charge in [-0.05, 0) is 24.3 Å². The van der Waals surface area contributed by atoms with Crippen molar-refractivity contribution in [1.29, 1.82) is 0 Å². The maximum Gasteiger partial charge on any atom is 0.369 e. The lowest BCUT2D eigenvalue weighted by Crippen LogP contribution is -2.36. The minimum Gasteiger partial charge on any atom is -0.438 e. The SMILES string of the molecule is O=C(ON1C(=O)[C@@H]2[C@H](C1=O)[C@@H]1C=C[C@H]2O1)c1cccnc1Oc1ccccc1. The van der Waals surface area contributed by atoms with Gasteiger partial charge >= 0.3 is 5.97 Å². The highest BCUT2D eigenvalue weighted by Crippen LogP contribution is 2.45. The van der Waals surface area contributed by atoms with Crippen molar-refractivity contribution in [3.05, 3.63) is 66.4 Å². The maximum atomic E-state index is 12.7. The Balaban J connectivity index is 1.37. The number of carbonyl (C=O) groups is 3. The number of fused-ring (bicyclic) bond motifs is 5. The Labute approximate surface area is 159 Å². The van der Waals surface area contributed by atoms with Gasteiger partial charge in [-0.15, -0.1) is 5.06 Å². The number of pyridine rings is 1. The fourth-order valence-electron chi connectivity index (χ4n) is 3.73. The first-order valence-electron chi connectivity index (χ1n) is 8.75. The average molecular weight is 378 g/mol. The summed E-state index contributed by atoms with van der Waals surface area (Å²) in [5.41, 5.74) is 0.00126. The van der Waals surface area contributed by atoms with Crippen LogP contribution in [0.3, 0.4) is 0 Å². The van der Waals surface area contributed by atoms with Crippen molar-refractivity contribution in [3.8, 4) is 11.6 Å². The number of hydrogen-bond donors (Lipinski definition) is 0. The summed E-state index contributed by atoms with van der Waals surface area (Å²) in [5, 5.41) is 0.548. The normalized spacial score (nSPS) is 27.2. The molecular weight excluding hydrogens is 364 g/mol. The van der Waals surface area contributed by atoms with Crippen LogP contribution < -0.4 is 4.74 Å². The number of nitrogens with zero attached hydrogens (tertiary/aromatic N) is 2. The summed E-state index contributed by atoms with van der Waals surface area (Å²) in [6.45, 7) is 0. The number of amides is 2. The van der Waals surface area contributed by atoms with Gasteiger partial charge in [-0.3, -0.25) is 9.59 Å². The first kappa shape index (κ1) is 16.6. The van der Waals surface area contributed by atoms with Crippen LogP contribution in [-0.4, -0.2) is 40.0 Å². The molecule has 28 heavy (non-hydrogen) atoms. The van der Waals surface area contributed by atoms with Crippen molar-refractivity contribution in [2.45, 2.75) is 12.2 Å². The molecule has 0 spiro atoms. The van der Waals surface area contributed by atoms with Crippen LogP contribution in [0.4, 0.5) is 0 Å². The Morgan fingerprint density at radius 3 is 2.32 bits per heavy atom. The summed E-state index contributed by atoms with van der Waals surface area (Å²) < 4.78 is 11.2. The van der Waals surface area contributed by atoms with Crippen molar-refractivity contribution in [3.63, 3.8) is 0 Å². The van der Waals surface area contributed by atoms with Gasteiger partial charge in [-0.2, -0.15) is 0 Å². The number of rotatable bonds is 4. The maximum absolute atomic E-state index is 12.7. The van der Waals surface area contributed by atoms with E-state index in [9.17, 15) is 14.4 Å². The molecule has 0 radical (unpaired) electrons. The average Bonchev–Trinajstić information content (AvgIpc) is 3.39. The van der Waals surface area contributed by atoms with E-state index < -0.39 is 41.8 Å². The zero-order chi connectivity index (χ0) is 19.3. The Bertz CT molecular complexity index is 975. The van der Waals surface area contributed by atoms with Crippen LogP contribution >= 0.6 is 0 Å². The van der Waals surface area contributed by atoms with Crippen LogP contribution in [0.1, 0.15) is 10.4 Å². The lowest BCUT2D eigenvalue weighted by Gasteiger charge is -2.17. The minimum absolute atomic E-state index is 0.00126. The van der Waals surface area contributed by atoms with Crippen LogP contribution in [0, 0.1) is 11.8 Å². The Morgan fingerprint density at radius 1 is 0.964 bits per heavy atom. The van der Waals surface area contributed by atoms with Gasteiger partial charge in [-0.1, -0.05) is 30.4 Å². The molecular formula is C20H14N2O6. The van der Waals surface area contributed by atoms with E-state index in [0.29, 0.717) is 10.8 Å². The molecule has 2 fully saturated rings. The quantitative estimate of drug-likeness (QED) is 0.592. The van der Waals surface area contributed by atoms with E-state index in [1.807, 2.05) is 6.07 Å². The number of hydroxylamine groups is 2. The summed E-state index contributed by atoms with van der Waals surface area (Å²) in [6.07, 6.45) is 4.08. The minimum atomic E-state index is -0.901. The molecule has 5 rings (SSSR count). The summed E-state index contributed by atoms with van der Waals surface area (Å²) in [5.74, 6) is -2.85. The van der Waals surface area contributed by atoms with Crippen LogP contribution in [0.15, 0.2) is 60.8 Å². The number of benzene rings is 1. The van der Waals surface area contributed by atoms with Gasteiger partial charge < -0.3 is 14.3 Å². The van der Waals surface area contributed by atoms with Gasteiger partial charge in [0.1, 0.15) is 11.3 Å². The van der Waals surface area contributed by atoms with Gasteiger partial charge in [0.25, 0.3) is 11.8 Å². The first-order chi connectivity index (χ1) is 13.6. The largest absolute Gasteiger partial charge is 0.438 e. The van der Waals surface area contributed by atoms with Crippen LogP contribution in [0.2, 0.25) is 0 Å². The van der Waals surface area contributed by atoms with E-state index in [1.165, 1.54) is 18.3 Å². The third-order valence-electron chi connectivity index (χ3n) is 4.99. The molecule has 8 nitrogen and oxygen atoms in total. The molecule has 8 heteroatoms. The fourth-order valence-corrected chi connectivity index (χ4v) is 3.73. The predicted octanol–water partition coefficient (Wildman–Crippen LogP) is 1.88. The van der Waals surface area contributed by atoms with Crippen LogP contribution in [0.5, 0.6) is 11.6 Å². The summed E-state index contributed by atoms with van der Waals surface area (Å²) in [4.78, 5) is 47.1. The van der Waals surface area contributed by atoms with E-state index in [2.05, 4.69) is 4.98 Å². The van der Waals surface area contributed by atoms with Gasteiger partial charge in [0.2, 0.25) is 5.88 Å². The number of para-hydroxylation sites is 1. The molecule has 0 N–H and O–H groups in total. The monoisotopic (exact) mass is 378 g/mol. The molecule has 3 aliphatic rings. The number of ether oxygens (including phenoxy) is 2. The fraction of sp³-hybridized carbons (Fsp3) is 0.200. The van der Waals surface area contributed by atoms with Crippen molar-refractivity contribution >= 4 is 17.8 Å². The summed E-state index contributed by atoms with van der Waals surface area (Å²) in [7, 11) is 0. The Hall–Kier alpha value is -3.52. The van der Waals surface area contributed by atoms with E-state index in [0.717, 1.165) is 0 Å². The third-order valence-corrected chi connectivity index (χ3v) is 4.99. The molecule has 2 saturated heterocycles. The molecule has 0 aliphatic carbocycles. The molecule has 1 aromatic carbocycles. The number of hydrogen-bond acceptors (Lipinski definition) is 7. The second-order valence-corrected chi connectivity index (χ2v) is 6.62. The zero-order valence-electron chi connectivity index (χ0n) is 14.4. The summed E-state index contributed by atoms with van der Waals surface area (Å²) >= 11 is 0. The van der Waals surface area contributed by atoms with Crippen molar-refractivity contribution in [1.82, 2.24) is 10.0 Å². The standard InChI is InChI=1S/C20H14N2O6/c23-18-15-13-8-9-14(27-13)16(15)19(24)22(18)28-20(25)12-7-4-10-21-17(12)26-11-5-2-1-3-6-11/h1-10,13-16H/t13-,14+,15+,16-. The zero-order valence-corrected chi connectivity index (χ0v) is 14.4. The van der Waals surface area contributed by atoms with E-state index in [-0.39, 0.29) is 11.4 Å². The molecule has 2 amide bonds. The third kappa shape index (κ3) is 2.49. The molecule has 4 atom stereocenters. The second kappa shape index (κ2) is 6.28. The van der Waals surface area contributed by atoms with Gasteiger partial charge in [0.15, 0.2) is 0 Å². The molecule has 0 unspecified atom stereocenters. The smallest absolute Gasteiger partial charge is 0.369 e. The molecule has 140 valence electrons. The highest BCUT2D eigenvalue weighted by Gasteiger charge is 2.62. The van der Waals surface area contributed by atoms with Crippen molar-refractivity contribution in [2.24, 2.45) is 11.8 Å². The van der Waals surface area contributed by atoms with Gasteiger partial charge in [0, 0.05) is 6.20 Å². The predicted molar refractivity (Wildman–Crippen MR) is 92.8 cm³/mol. The molecule has 2 bridgehead atoms. The Morgan fingerprint density at radius 2 is 1.64 bits per heavy atom. The highest BCUT2D eigenvalue weighted by molar-refractivity contribution is 6.07. The van der Waals surface area contributed by atoms with E-state index in [4.69, 9.17) is 14.3 Å². The Kier molecular flexibility index (Phi) is 3.73. The van der Waals surface area contributed by atoms with E-state index >= 15 is 0 Å². The van der Waals surface area contributed by atoms with Gasteiger partial charge in [0.05, 0.1) is 24.0 Å². The van der Waals surface area contributed by atoms with Crippen LogP contribution in [-0.2, 0) is 19.2 Å². The first-order valence-corrected chi connectivity index (χ1v) is 8.75. The van der Waals surface area contributed by atoms with Crippen LogP contribution in [0.25, 0.3) is 0 Å².